The van der Waals surface area contributed by atoms with Gasteiger partial charge in [-0.1, -0.05) is 19.9 Å². The molecule has 0 amide bonds. The summed E-state index contributed by atoms with van der Waals surface area (Å²) >= 11 is 0. The van der Waals surface area contributed by atoms with Crippen molar-refractivity contribution in [2.24, 2.45) is 5.92 Å². The zero-order chi connectivity index (χ0) is 15.4. The van der Waals surface area contributed by atoms with Gasteiger partial charge in [0.1, 0.15) is 6.07 Å². The van der Waals surface area contributed by atoms with Crippen molar-refractivity contribution in [3.05, 3.63) is 29.3 Å². The van der Waals surface area contributed by atoms with Gasteiger partial charge in [-0.25, -0.2) is 0 Å². The lowest BCUT2D eigenvalue weighted by Gasteiger charge is -2.19. The summed E-state index contributed by atoms with van der Waals surface area (Å²) in [4.78, 5) is 1.86. The third kappa shape index (κ3) is 3.94. The van der Waals surface area contributed by atoms with E-state index >= 15 is 0 Å². The Hall–Kier alpha value is -1.61. The maximum absolute atomic E-state index is 9.63. The van der Waals surface area contributed by atoms with Crippen LogP contribution in [0.3, 0.4) is 0 Å². The van der Waals surface area contributed by atoms with Crippen molar-refractivity contribution >= 4 is 5.69 Å². The predicted molar refractivity (Wildman–Crippen MR) is 81.9 cm³/mol. The third-order valence-corrected chi connectivity index (χ3v) is 3.66. The summed E-state index contributed by atoms with van der Waals surface area (Å²) in [5, 5.41) is 31.9. The van der Waals surface area contributed by atoms with E-state index in [9.17, 15) is 15.5 Å². The van der Waals surface area contributed by atoms with Gasteiger partial charge in [0.05, 0.1) is 23.5 Å². The Labute approximate surface area is 125 Å². The molecule has 1 heterocycles. The minimum Gasteiger partial charge on any atom is -0.389 e. The number of anilines is 1. The molecule has 1 aromatic carbocycles. The maximum atomic E-state index is 9.63. The lowest BCUT2D eigenvalue weighted by molar-refractivity contribution is 0.0572. The Morgan fingerprint density at radius 3 is 2.57 bits per heavy atom. The van der Waals surface area contributed by atoms with E-state index in [1.165, 1.54) is 0 Å². The number of hydrogen-bond donors (Lipinski definition) is 3. The van der Waals surface area contributed by atoms with Gasteiger partial charge in [-0.05, 0) is 30.2 Å². The molecular weight excluding hydrogens is 266 g/mol. The molecule has 1 aliphatic heterocycles. The second-order valence-electron chi connectivity index (χ2n) is 6.03. The molecule has 114 valence electrons. The Bertz CT molecular complexity index is 515. The SMILES string of the molecule is CC(C)CNCc1ccc(N2CC(O)C(O)C2)c(C#N)c1. The molecule has 1 saturated heterocycles. The Kier molecular flexibility index (Phi) is 5.18. The first-order valence-electron chi connectivity index (χ1n) is 7.36. The zero-order valence-electron chi connectivity index (χ0n) is 12.6. The number of aliphatic hydroxyl groups is 2. The quantitative estimate of drug-likeness (QED) is 0.749. The van der Waals surface area contributed by atoms with Crippen LogP contribution in [0, 0.1) is 17.2 Å². The summed E-state index contributed by atoms with van der Waals surface area (Å²) < 4.78 is 0. The number of benzene rings is 1. The van der Waals surface area contributed by atoms with Crippen molar-refractivity contribution in [3.8, 4) is 6.07 Å². The Morgan fingerprint density at radius 1 is 1.33 bits per heavy atom. The summed E-state index contributed by atoms with van der Waals surface area (Å²) in [6, 6.07) is 7.97. The maximum Gasteiger partial charge on any atom is 0.101 e. The van der Waals surface area contributed by atoms with Gasteiger partial charge in [0.2, 0.25) is 0 Å². The summed E-state index contributed by atoms with van der Waals surface area (Å²) in [5.41, 5.74) is 2.43. The highest BCUT2D eigenvalue weighted by molar-refractivity contribution is 5.61. The fourth-order valence-corrected chi connectivity index (χ4v) is 2.53. The third-order valence-electron chi connectivity index (χ3n) is 3.66. The van der Waals surface area contributed by atoms with E-state index in [0.29, 0.717) is 24.6 Å². The van der Waals surface area contributed by atoms with Crippen LogP contribution in [0.5, 0.6) is 0 Å². The van der Waals surface area contributed by atoms with Crippen molar-refractivity contribution in [3.63, 3.8) is 0 Å². The molecule has 2 unspecified atom stereocenters. The van der Waals surface area contributed by atoms with Crippen LogP contribution >= 0.6 is 0 Å². The number of nitriles is 1. The second kappa shape index (κ2) is 6.90. The molecule has 21 heavy (non-hydrogen) atoms. The summed E-state index contributed by atoms with van der Waals surface area (Å²) in [6.45, 7) is 6.70. The molecule has 0 spiro atoms. The number of rotatable bonds is 5. The normalized spacial score (nSPS) is 21.8. The van der Waals surface area contributed by atoms with E-state index in [4.69, 9.17) is 0 Å². The van der Waals surface area contributed by atoms with Crippen LogP contribution in [0.25, 0.3) is 0 Å². The molecule has 1 fully saturated rings. The van der Waals surface area contributed by atoms with Gasteiger partial charge in [0.15, 0.2) is 0 Å². The minimum atomic E-state index is -0.746. The molecule has 1 aliphatic rings. The fourth-order valence-electron chi connectivity index (χ4n) is 2.53. The highest BCUT2D eigenvalue weighted by Gasteiger charge is 2.30. The van der Waals surface area contributed by atoms with Gasteiger partial charge >= 0.3 is 0 Å². The van der Waals surface area contributed by atoms with Gasteiger partial charge in [-0.3, -0.25) is 0 Å². The molecule has 5 nitrogen and oxygen atoms in total. The predicted octanol–water partition coefficient (Wildman–Crippen LogP) is 0.846. The van der Waals surface area contributed by atoms with Crippen LogP contribution in [0.2, 0.25) is 0 Å². The molecule has 0 bridgehead atoms. The van der Waals surface area contributed by atoms with Gasteiger partial charge in [-0.15, -0.1) is 0 Å². The van der Waals surface area contributed by atoms with Crippen LogP contribution in [0.1, 0.15) is 25.0 Å². The van der Waals surface area contributed by atoms with Crippen molar-refractivity contribution < 1.29 is 10.2 Å². The molecule has 2 rings (SSSR count). The number of β-amino-alcohol motifs (C(OH)–C–C–N with tert-alkyl or cyclic N) is 2. The largest absolute Gasteiger partial charge is 0.389 e. The average molecular weight is 289 g/mol. The second-order valence-corrected chi connectivity index (χ2v) is 6.03. The first-order chi connectivity index (χ1) is 10.0. The molecule has 5 heteroatoms. The lowest BCUT2D eigenvalue weighted by Crippen LogP contribution is -2.22. The number of hydrogen-bond acceptors (Lipinski definition) is 5. The van der Waals surface area contributed by atoms with Crippen LogP contribution < -0.4 is 10.2 Å². The van der Waals surface area contributed by atoms with E-state index in [2.05, 4.69) is 25.2 Å². The number of nitrogens with one attached hydrogen (secondary N) is 1. The summed E-state index contributed by atoms with van der Waals surface area (Å²) in [5.74, 6) is 0.590. The smallest absolute Gasteiger partial charge is 0.101 e. The van der Waals surface area contributed by atoms with Gasteiger partial charge in [-0.2, -0.15) is 5.26 Å². The van der Waals surface area contributed by atoms with Crippen molar-refractivity contribution in [1.29, 1.82) is 5.26 Å². The fraction of sp³-hybridized carbons (Fsp3) is 0.562. The van der Waals surface area contributed by atoms with Crippen LogP contribution in [-0.4, -0.2) is 42.1 Å². The zero-order valence-corrected chi connectivity index (χ0v) is 12.6. The molecule has 2 atom stereocenters. The molecule has 0 saturated carbocycles. The number of aliphatic hydroxyl groups excluding tert-OH is 2. The van der Waals surface area contributed by atoms with Gasteiger partial charge in [0, 0.05) is 19.6 Å². The van der Waals surface area contributed by atoms with Gasteiger partial charge < -0.3 is 20.4 Å². The highest BCUT2D eigenvalue weighted by atomic mass is 16.3. The van der Waals surface area contributed by atoms with Crippen molar-refractivity contribution in [1.82, 2.24) is 5.32 Å². The molecular formula is C16H23N3O2. The standard InChI is InChI=1S/C16H23N3O2/c1-11(2)7-18-8-12-3-4-14(13(5-12)6-17)19-9-15(20)16(21)10-19/h3-5,11,15-16,18,20-21H,7-10H2,1-2H3. The van der Waals surface area contributed by atoms with E-state index in [1.807, 2.05) is 23.1 Å². The molecule has 1 aromatic rings. The molecule has 0 aromatic heterocycles. The van der Waals surface area contributed by atoms with E-state index in [1.54, 1.807) is 0 Å². The van der Waals surface area contributed by atoms with Crippen molar-refractivity contribution in [2.45, 2.75) is 32.6 Å². The molecule has 0 radical (unpaired) electrons. The van der Waals surface area contributed by atoms with E-state index in [-0.39, 0.29) is 0 Å². The lowest BCUT2D eigenvalue weighted by atomic mass is 10.1. The molecule has 0 aliphatic carbocycles. The number of nitrogens with zero attached hydrogens (tertiary/aromatic N) is 2. The summed E-state index contributed by atoms with van der Waals surface area (Å²) in [7, 11) is 0. The van der Waals surface area contributed by atoms with E-state index in [0.717, 1.165) is 24.3 Å². The van der Waals surface area contributed by atoms with Crippen LogP contribution in [-0.2, 0) is 6.54 Å². The van der Waals surface area contributed by atoms with Crippen LogP contribution in [0.15, 0.2) is 18.2 Å². The molecule has 3 N–H and O–H groups in total. The first kappa shape index (κ1) is 15.8. The van der Waals surface area contributed by atoms with Crippen LogP contribution in [0.4, 0.5) is 5.69 Å². The Balaban J connectivity index is 2.09. The summed E-state index contributed by atoms with van der Waals surface area (Å²) in [6.07, 6.45) is -1.49. The average Bonchev–Trinajstić information content (AvgIpc) is 2.78. The van der Waals surface area contributed by atoms with Crippen molar-refractivity contribution in [2.75, 3.05) is 24.5 Å². The van der Waals surface area contributed by atoms with E-state index < -0.39 is 12.2 Å². The van der Waals surface area contributed by atoms with Gasteiger partial charge in [0.25, 0.3) is 0 Å². The minimum absolute atomic E-state index is 0.362. The Morgan fingerprint density at radius 2 is 2.00 bits per heavy atom. The first-order valence-corrected chi connectivity index (χ1v) is 7.36. The highest BCUT2D eigenvalue weighted by Crippen LogP contribution is 2.25. The topological polar surface area (TPSA) is 79.5 Å². The monoisotopic (exact) mass is 289 g/mol.